The van der Waals surface area contributed by atoms with E-state index in [-0.39, 0.29) is 5.91 Å². The Bertz CT molecular complexity index is 737. The number of rotatable bonds is 4. The van der Waals surface area contributed by atoms with Gasteiger partial charge >= 0.3 is 0 Å². The van der Waals surface area contributed by atoms with E-state index in [2.05, 4.69) is 34.2 Å². The van der Waals surface area contributed by atoms with E-state index in [1.165, 1.54) is 5.69 Å². The summed E-state index contributed by atoms with van der Waals surface area (Å²) in [6.07, 6.45) is 0. The lowest BCUT2D eigenvalue weighted by atomic mass is 10.1. The van der Waals surface area contributed by atoms with Crippen LogP contribution < -0.4 is 10.2 Å². The SMILES string of the molecule is CCN1CCN(c2ccc(NC(=O)c3ccc(C)c(Cl)c3)cc2)CC1. The number of benzene rings is 2. The van der Waals surface area contributed by atoms with Crippen molar-refractivity contribution in [3.05, 3.63) is 58.6 Å². The van der Waals surface area contributed by atoms with E-state index in [1.807, 2.05) is 25.1 Å². The number of halogens is 1. The molecule has 25 heavy (non-hydrogen) atoms. The van der Waals surface area contributed by atoms with Gasteiger partial charge in [0, 0.05) is 48.1 Å². The molecule has 0 saturated carbocycles. The zero-order chi connectivity index (χ0) is 17.8. The molecule has 2 aromatic carbocycles. The molecule has 1 saturated heterocycles. The first-order valence-electron chi connectivity index (χ1n) is 8.71. The first-order valence-corrected chi connectivity index (χ1v) is 9.09. The summed E-state index contributed by atoms with van der Waals surface area (Å²) in [6.45, 7) is 9.52. The van der Waals surface area contributed by atoms with Crippen molar-refractivity contribution in [2.24, 2.45) is 0 Å². The highest BCUT2D eigenvalue weighted by Crippen LogP contribution is 2.21. The number of hydrogen-bond donors (Lipinski definition) is 1. The van der Waals surface area contributed by atoms with Crippen LogP contribution >= 0.6 is 11.6 Å². The summed E-state index contributed by atoms with van der Waals surface area (Å²) in [7, 11) is 0. The molecule has 0 atom stereocenters. The molecule has 0 radical (unpaired) electrons. The van der Waals surface area contributed by atoms with Crippen molar-refractivity contribution in [1.29, 1.82) is 0 Å². The molecule has 0 unspecified atom stereocenters. The van der Waals surface area contributed by atoms with Crippen molar-refractivity contribution < 1.29 is 4.79 Å². The van der Waals surface area contributed by atoms with Crippen LogP contribution in [-0.2, 0) is 0 Å². The van der Waals surface area contributed by atoms with Gasteiger partial charge in [0.1, 0.15) is 0 Å². The molecule has 1 N–H and O–H groups in total. The highest BCUT2D eigenvalue weighted by Gasteiger charge is 2.16. The molecule has 132 valence electrons. The molecular weight excluding hydrogens is 334 g/mol. The van der Waals surface area contributed by atoms with Crippen LogP contribution in [0.3, 0.4) is 0 Å². The summed E-state index contributed by atoms with van der Waals surface area (Å²) in [6, 6.07) is 13.4. The predicted molar refractivity (Wildman–Crippen MR) is 105 cm³/mol. The molecule has 1 heterocycles. The Balaban J connectivity index is 1.62. The number of carbonyl (C=O) groups is 1. The number of anilines is 2. The van der Waals surface area contributed by atoms with E-state index in [0.717, 1.165) is 44.0 Å². The molecule has 1 aliphatic rings. The van der Waals surface area contributed by atoms with Gasteiger partial charge in [-0.25, -0.2) is 0 Å². The van der Waals surface area contributed by atoms with E-state index < -0.39 is 0 Å². The van der Waals surface area contributed by atoms with Gasteiger partial charge < -0.3 is 15.1 Å². The third-order valence-corrected chi connectivity index (χ3v) is 5.15. The highest BCUT2D eigenvalue weighted by molar-refractivity contribution is 6.31. The zero-order valence-corrected chi connectivity index (χ0v) is 15.5. The Kier molecular flexibility index (Phi) is 5.61. The van der Waals surface area contributed by atoms with Crippen LogP contribution in [0.4, 0.5) is 11.4 Å². The van der Waals surface area contributed by atoms with Crippen LogP contribution in [0.15, 0.2) is 42.5 Å². The van der Waals surface area contributed by atoms with E-state index in [4.69, 9.17) is 11.6 Å². The quantitative estimate of drug-likeness (QED) is 0.896. The van der Waals surface area contributed by atoms with Gasteiger partial charge in [-0.15, -0.1) is 0 Å². The van der Waals surface area contributed by atoms with Gasteiger partial charge in [0.15, 0.2) is 0 Å². The van der Waals surface area contributed by atoms with Crippen LogP contribution in [0.1, 0.15) is 22.8 Å². The second-order valence-corrected chi connectivity index (χ2v) is 6.79. The van der Waals surface area contributed by atoms with Crippen molar-refractivity contribution in [2.45, 2.75) is 13.8 Å². The number of likely N-dealkylation sites (N-methyl/N-ethyl adjacent to an activating group) is 1. The molecule has 1 aliphatic heterocycles. The van der Waals surface area contributed by atoms with Crippen LogP contribution in [0.25, 0.3) is 0 Å². The number of carbonyl (C=O) groups excluding carboxylic acids is 1. The lowest BCUT2D eigenvalue weighted by Gasteiger charge is -2.35. The Hall–Kier alpha value is -2.04. The average Bonchev–Trinajstić information content (AvgIpc) is 2.64. The van der Waals surface area contributed by atoms with Gasteiger partial charge in [-0.3, -0.25) is 4.79 Å². The molecule has 0 bridgehead atoms. The van der Waals surface area contributed by atoms with Crippen molar-refractivity contribution in [1.82, 2.24) is 4.90 Å². The van der Waals surface area contributed by atoms with Crippen LogP contribution in [0, 0.1) is 6.92 Å². The standard InChI is InChI=1S/C20H24ClN3O/c1-3-23-10-12-24(13-11-23)18-8-6-17(7-9-18)22-20(25)16-5-4-15(2)19(21)14-16/h4-9,14H,3,10-13H2,1-2H3,(H,22,25). The molecule has 2 aromatic rings. The topological polar surface area (TPSA) is 35.6 Å². The minimum Gasteiger partial charge on any atom is -0.369 e. The van der Waals surface area contributed by atoms with Gasteiger partial charge in [-0.1, -0.05) is 24.6 Å². The van der Waals surface area contributed by atoms with E-state index in [0.29, 0.717) is 10.6 Å². The third-order valence-electron chi connectivity index (χ3n) is 4.74. The first-order chi connectivity index (χ1) is 12.1. The zero-order valence-electron chi connectivity index (χ0n) is 14.8. The molecule has 0 aromatic heterocycles. The number of aryl methyl sites for hydroxylation is 1. The number of hydrogen-bond acceptors (Lipinski definition) is 3. The van der Waals surface area contributed by atoms with Gasteiger partial charge in [0.2, 0.25) is 0 Å². The summed E-state index contributed by atoms with van der Waals surface area (Å²) in [5.41, 5.74) is 3.52. The second-order valence-electron chi connectivity index (χ2n) is 6.39. The van der Waals surface area contributed by atoms with Crippen LogP contribution in [0.5, 0.6) is 0 Å². The molecule has 4 nitrogen and oxygen atoms in total. The van der Waals surface area contributed by atoms with Crippen molar-refractivity contribution in [2.75, 3.05) is 42.9 Å². The van der Waals surface area contributed by atoms with Gasteiger partial charge in [0.05, 0.1) is 0 Å². The average molecular weight is 358 g/mol. The number of nitrogens with one attached hydrogen (secondary N) is 1. The monoisotopic (exact) mass is 357 g/mol. The van der Waals surface area contributed by atoms with E-state index >= 15 is 0 Å². The lowest BCUT2D eigenvalue weighted by molar-refractivity contribution is 0.102. The van der Waals surface area contributed by atoms with Gasteiger partial charge in [-0.05, 0) is 55.4 Å². The third kappa shape index (κ3) is 4.33. The molecule has 0 spiro atoms. The Morgan fingerprint density at radius 2 is 1.76 bits per heavy atom. The normalized spacial score (nSPS) is 15.2. The first kappa shape index (κ1) is 17.8. The molecular formula is C20H24ClN3O. The maximum Gasteiger partial charge on any atom is 0.255 e. The summed E-state index contributed by atoms with van der Waals surface area (Å²) >= 11 is 6.10. The van der Waals surface area contributed by atoms with Crippen LogP contribution in [0.2, 0.25) is 5.02 Å². The number of amides is 1. The highest BCUT2D eigenvalue weighted by atomic mass is 35.5. The fourth-order valence-electron chi connectivity index (χ4n) is 3.02. The molecule has 5 heteroatoms. The minimum atomic E-state index is -0.147. The molecule has 1 amide bonds. The lowest BCUT2D eigenvalue weighted by Crippen LogP contribution is -2.46. The summed E-state index contributed by atoms with van der Waals surface area (Å²) in [5.74, 6) is -0.147. The van der Waals surface area contributed by atoms with E-state index in [1.54, 1.807) is 12.1 Å². The summed E-state index contributed by atoms with van der Waals surface area (Å²) in [4.78, 5) is 17.2. The van der Waals surface area contributed by atoms with Crippen molar-refractivity contribution in [3.63, 3.8) is 0 Å². The molecule has 1 fully saturated rings. The smallest absolute Gasteiger partial charge is 0.255 e. The largest absolute Gasteiger partial charge is 0.369 e. The number of nitrogens with zero attached hydrogens (tertiary/aromatic N) is 2. The predicted octanol–water partition coefficient (Wildman–Crippen LogP) is 4.04. The van der Waals surface area contributed by atoms with Crippen molar-refractivity contribution >= 4 is 28.9 Å². The Labute approximate surface area is 154 Å². The van der Waals surface area contributed by atoms with Gasteiger partial charge in [0.25, 0.3) is 5.91 Å². The minimum absolute atomic E-state index is 0.147. The molecule has 0 aliphatic carbocycles. The summed E-state index contributed by atoms with van der Waals surface area (Å²) in [5, 5.41) is 3.53. The number of piperazine rings is 1. The maximum absolute atomic E-state index is 12.3. The fraction of sp³-hybridized carbons (Fsp3) is 0.350. The second kappa shape index (κ2) is 7.89. The Morgan fingerprint density at radius 1 is 1.08 bits per heavy atom. The fourth-order valence-corrected chi connectivity index (χ4v) is 3.20. The van der Waals surface area contributed by atoms with E-state index in [9.17, 15) is 4.79 Å². The summed E-state index contributed by atoms with van der Waals surface area (Å²) < 4.78 is 0. The Morgan fingerprint density at radius 3 is 2.36 bits per heavy atom. The van der Waals surface area contributed by atoms with Crippen molar-refractivity contribution in [3.8, 4) is 0 Å². The van der Waals surface area contributed by atoms with Crippen LogP contribution in [-0.4, -0.2) is 43.5 Å². The molecule has 3 rings (SSSR count). The van der Waals surface area contributed by atoms with Gasteiger partial charge in [-0.2, -0.15) is 0 Å². The maximum atomic E-state index is 12.3.